The fourth-order valence-electron chi connectivity index (χ4n) is 3.86. The summed E-state index contributed by atoms with van der Waals surface area (Å²) in [5.74, 6) is 0.877. The predicted molar refractivity (Wildman–Crippen MR) is 93.4 cm³/mol. The number of imidazole rings is 1. The monoisotopic (exact) mass is 326 g/mol. The molecule has 1 aliphatic carbocycles. The zero-order valence-corrected chi connectivity index (χ0v) is 13.6. The number of nitrogens with two attached hydrogens (primary N) is 1. The van der Waals surface area contributed by atoms with Crippen molar-refractivity contribution >= 4 is 27.8 Å². The minimum Gasteiger partial charge on any atom is -0.388 e. The van der Waals surface area contributed by atoms with Crippen LogP contribution in [0.5, 0.6) is 0 Å². The van der Waals surface area contributed by atoms with Crippen LogP contribution in [0, 0.1) is 0 Å². The van der Waals surface area contributed by atoms with Crippen molar-refractivity contribution in [2.75, 3.05) is 5.73 Å². The molecule has 4 rings (SSSR count). The molecule has 1 aromatic carbocycles. The molecular formula is C18H22N4O2. The fourth-order valence-corrected chi connectivity index (χ4v) is 3.86. The molecule has 0 unspecified atom stereocenters. The lowest BCUT2D eigenvalue weighted by atomic mass is 9.85. The molecule has 4 N–H and O–H groups in total. The molecule has 0 atom stereocenters. The maximum Gasteiger partial charge on any atom is 0.152 e. The molecule has 1 fully saturated rings. The number of aliphatic hydroxyl groups excluding tert-OH is 1. The Morgan fingerprint density at radius 3 is 2.62 bits per heavy atom. The third-order valence-electron chi connectivity index (χ3n) is 5.07. The van der Waals surface area contributed by atoms with Crippen LogP contribution in [0.25, 0.3) is 21.9 Å². The summed E-state index contributed by atoms with van der Waals surface area (Å²) in [5.41, 5.74) is 7.58. The molecule has 0 spiro atoms. The SMILES string of the molecule is Nc1nc2ccccc2c2c1nc(CO)n2CC1(O)CCCCC1. The summed E-state index contributed by atoms with van der Waals surface area (Å²) in [5, 5.41) is 21.7. The summed E-state index contributed by atoms with van der Waals surface area (Å²) in [7, 11) is 0. The Morgan fingerprint density at radius 2 is 1.88 bits per heavy atom. The van der Waals surface area contributed by atoms with Crippen molar-refractivity contribution in [1.29, 1.82) is 0 Å². The van der Waals surface area contributed by atoms with Gasteiger partial charge < -0.3 is 20.5 Å². The maximum absolute atomic E-state index is 11.0. The maximum atomic E-state index is 11.0. The van der Waals surface area contributed by atoms with E-state index >= 15 is 0 Å². The number of fused-ring (bicyclic) bond motifs is 3. The number of hydrogen-bond donors (Lipinski definition) is 3. The Balaban J connectivity index is 1.95. The normalized spacial score (nSPS) is 17.6. The van der Waals surface area contributed by atoms with Gasteiger partial charge in [0.1, 0.15) is 17.9 Å². The minimum atomic E-state index is -0.755. The topological polar surface area (TPSA) is 97.2 Å². The predicted octanol–water partition coefficient (Wildman–Crippen LogP) is 2.35. The van der Waals surface area contributed by atoms with Gasteiger partial charge in [-0.25, -0.2) is 9.97 Å². The number of anilines is 1. The van der Waals surface area contributed by atoms with E-state index in [-0.39, 0.29) is 6.61 Å². The summed E-state index contributed by atoms with van der Waals surface area (Å²) in [6, 6.07) is 7.76. The molecule has 3 aromatic rings. The third kappa shape index (κ3) is 2.42. The van der Waals surface area contributed by atoms with Crippen LogP contribution in [0.1, 0.15) is 37.9 Å². The average Bonchev–Trinajstić information content (AvgIpc) is 2.94. The minimum absolute atomic E-state index is 0.196. The second-order valence-corrected chi connectivity index (χ2v) is 6.77. The van der Waals surface area contributed by atoms with Gasteiger partial charge in [0.15, 0.2) is 5.82 Å². The van der Waals surface area contributed by atoms with Crippen LogP contribution in [-0.4, -0.2) is 30.3 Å². The van der Waals surface area contributed by atoms with Crippen molar-refractivity contribution in [3.63, 3.8) is 0 Å². The highest BCUT2D eigenvalue weighted by Gasteiger charge is 2.31. The molecule has 1 saturated carbocycles. The lowest BCUT2D eigenvalue weighted by Crippen LogP contribution is -2.36. The first-order chi connectivity index (χ1) is 11.6. The highest BCUT2D eigenvalue weighted by Crippen LogP contribution is 2.34. The number of benzene rings is 1. The molecule has 6 heteroatoms. The summed E-state index contributed by atoms with van der Waals surface area (Å²) < 4.78 is 1.93. The van der Waals surface area contributed by atoms with Crippen LogP contribution >= 0.6 is 0 Å². The Hall–Kier alpha value is -2.18. The van der Waals surface area contributed by atoms with E-state index < -0.39 is 5.60 Å². The second-order valence-electron chi connectivity index (χ2n) is 6.77. The van der Waals surface area contributed by atoms with Crippen LogP contribution in [0.2, 0.25) is 0 Å². The van der Waals surface area contributed by atoms with Crippen molar-refractivity contribution in [2.24, 2.45) is 0 Å². The zero-order valence-electron chi connectivity index (χ0n) is 13.6. The zero-order chi connectivity index (χ0) is 16.7. The van der Waals surface area contributed by atoms with Gasteiger partial charge in [0.2, 0.25) is 0 Å². The van der Waals surface area contributed by atoms with Crippen molar-refractivity contribution in [3.8, 4) is 0 Å². The molecule has 0 amide bonds. The van der Waals surface area contributed by atoms with Crippen LogP contribution < -0.4 is 5.73 Å². The molecule has 0 aliphatic heterocycles. The van der Waals surface area contributed by atoms with Crippen LogP contribution in [0.4, 0.5) is 5.82 Å². The van der Waals surface area contributed by atoms with Crippen LogP contribution in [0.3, 0.4) is 0 Å². The van der Waals surface area contributed by atoms with E-state index in [0.29, 0.717) is 23.7 Å². The van der Waals surface area contributed by atoms with Gasteiger partial charge in [-0.1, -0.05) is 37.5 Å². The fraction of sp³-hybridized carbons (Fsp3) is 0.444. The van der Waals surface area contributed by atoms with Gasteiger partial charge in [0, 0.05) is 5.39 Å². The number of rotatable bonds is 3. The number of pyridine rings is 1. The van der Waals surface area contributed by atoms with Crippen LogP contribution in [-0.2, 0) is 13.2 Å². The van der Waals surface area contributed by atoms with Gasteiger partial charge >= 0.3 is 0 Å². The average molecular weight is 326 g/mol. The number of aromatic nitrogens is 3. The molecule has 2 aromatic heterocycles. The molecular weight excluding hydrogens is 304 g/mol. The van der Waals surface area contributed by atoms with E-state index in [1.165, 1.54) is 6.42 Å². The molecule has 2 heterocycles. The first-order valence-corrected chi connectivity index (χ1v) is 8.48. The lowest BCUT2D eigenvalue weighted by Gasteiger charge is -2.33. The second kappa shape index (κ2) is 5.72. The largest absolute Gasteiger partial charge is 0.388 e. The van der Waals surface area contributed by atoms with Crippen molar-refractivity contribution < 1.29 is 10.2 Å². The molecule has 1 aliphatic rings. The Morgan fingerprint density at radius 1 is 1.12 bits per heavy atom. The highest BCUT2D eigenvalue weighted by molar-refractivity contribution is 6.06. The molecule has 6 nitrogen and oxygen atoms in total. The number of aliphatic hydroxyl groups is 2. The number of hydrogen-bond acceptors (Lipinski definition) is 5. The van der Waals surface area contributed by atoms with E-state index in [1.807, 2.05) is 28.8 Å². The van der Waals surface area contributed by atoms with Gasteiger partial charge in [0.25, 0.3) is 0 Å². The van der Waals surface area contributed by atoms with Gasteiger partial charge in [-0.15, -0.1) is 0 Å². The lowest BCUT2D eigenvalue weighted by molar-refractivity contribution is -0.0117. The Kier molecular flexibility index (Phi) is 3.66. The Bertz CT molecular complexity index is 897. The quantitative estimate of drug-likeness (QED) is 0.686. The van der Waals surface area contributed by atoms with E-state index in [1.54, 1.807) is 0 Å². The Labute approximate surface area is 139 Å². The standard InChI is InChI=1S/C18H22N4O2/c19-17-15-16(12-6-2-3-7-13(12)20-17)22(14(10-23)21-15)11-18(24)8-4-1-5-9-18/h2-3,6-7,23-24H,1,4-5,8-11H2,(H2,19,20). The molecule has 126 valence electrons. The number of para-hydroxylation sites is 1. The van der Waals surface area contributed by atoms with Crippen LogP contribution in [0.15, 0.2) is 24.3 Å². The van der Waals surface area contributed by atoms with Gasteiger partial charge in [-0.2, -0.15) is 0 Å². The van der Waals surface area contributed by atoms with Gasteiger partial charge in [-0.05, 0) is 18.9 Å². The first-order valence-electron chi connectivity index (χ1n) is 8.48. The van der Waals surface area contributed by atoms with Crippen molar-refractivity contribution in [2.45, 2.75) is 50.9 Å². The third-order valence-corrected chi connectivity index (χ3v) is 5.07. The number of nitrogen functional groups attached to an aromatic ring is 1. The number of nitrogens with zero attached hydrogens (tertiary/aromatic N) is 3. The molecule has 0 bridgehead atoms. The summed E-state index contributed by atoms with van der Waals surface area (Å²) in [4.78, 5) is 8.91. The smallest absolute Gasteiger partial charge is 0.152 e. The van der Waals surface area contributed by atoms with E-state index in [9.17, 15) is 10.2 Å². The summed E-state index contributed by atoms with van der Waals surface area (Å²) in [6.07, 6.45) is 4.77. The first kappa shape index (κ1) is 15.4. The van der Waals surface area contributed by atoms with Crippen molar-refractivity contribution in [3.05, 3.63) is 30.1 Å². The highest BCUT2D eigenvalue weighted by atomic mass is 16.3. The molecule has 0 saturated heterocycles. The molecule has 24 heavy (non-hydrogen) atoms. The van der Waals surface area contributed by atoms with E-state index in [4.69, 9.17) is 5.73 Å². The van der Waals surface area contributed by atoms with Gasteiger partial charge in [0.05, 0.1) is 23.2 Å². The molecule has 0 radical (unpaired) electrons. The van der Waals surface area contributed by atoms with Crippen molar-refractivity contribution in [1.82, 2.24) is 14.5 Å². The summed E-state index contributed by atoms with van der Waals surface area (Å²) >= 11 is 0. The van der Waals surface area contributed by atoms with E-state index in [0.717, 1.165) is 42.1 Å². The van der Waals surface area contributed by atoms with E-state index in [2.05, 4.69) is 9.97 Å². The summed E-state index contributed by atoms with van der Waals surface area (Å²) in [6.45, 7) is 0.228. The van der Waals surface area contributed by atoms with Gasteiger partial charge in [-0.3, -0.25) is 0 Å².